The lowest BCUT2D eigenvalue weighted by molar-refractivity contribution is -0.149. The van der Waals surface area contributed by atoms with Crippen molar-refractivity contribution in [1.29, 1.82) is 0 Å². The third-order valence-corrected chi connectivity index (χ3v) is 11.7. The number of methoxy groups -OCH3 is 1. The predicted octanol–water partition coefficient (Wildman–Crippen LogP) is 4.06. The van der Waals surface area contributed by atoms with E-state index in [0.717, 1.165) is 18.2 Å². The molecule has 0 spiro atoms. The number of carbonyl (C=O) groups excluding carboxylic acids is 7. The van der Waals surface area contributed by atoms with Gasteiger partial charge in [0.1, 0.15) is 30.2 Å². The molecule has 0 saturated carbocycles. The van der Waals surface area contributed by atoms with E-state index in [-0.39, 0.29) is 43.3 Å². The minimum absolute atomic E-state index is 0.0241. The first kappa shape index (κ1) is 49.7. The van der Waals surface area contributed by atoms with Gasteiger partial charge in [-0.3, -0.25) is 33.6 Å². The van der Waals surface area contributed by atoms with E-state index in [9.17, 15) is 43.5 Å². The smallest absolute Gasteiger partial charge is 0.328 e. The Hall–Kier alpha value is -7.27. The van der Waals surface area contributed by atoms with Gasteiger partial charge >= 0.3 is 11.9 Å². The van der Waals surface area contributed by atoms with Gasteiger partial charge in [-0.05, 0) is 59.6 Å². The van der Waals surface area contributed by atoms with Crippen LogP contribution in [0.15, 0.2) is 127 Å². The van der Waals surface area contributed by atoms with Gasteiger partial charge in [0.05, 0.1) is 13.5 Å². The number of amides is 6. The van der Waals surface area contributed by atoms with Crippen LogP contribution in [0.5, 0.6) is 0 Å². The van der Waals surface area contributed by atoms with E-state index in [0.29, 0.717) is 23.2 Å². The highest BCUT2D eigenvalue weighted by atomic mass is 32.2. The largest absolute Gasteiger partial charge is 0.481 e. The Morgan fingerprint density at radius 1 is 0.606 bits per heavy atom. The fourth-order valence-corrected chi connectivity index (χ4v) is 7.98. The monoisotopic (exact) mass is 918 g/mol. The molecule has 0 aromatic heterocycles. The first-order valence-electron chi connectivity index (χ1n) is 21.4. The Morgan fingerprint density at radius 3 is 1.70 bits per heavy atom. The van der Waals surface area contributed by atoms with Gasteiger partial charge < -0.3 is 41.7 Å². The van der Waals surface area contributed by atoms with Crippen LogP contribution >= 0.6 is 11.8 Å². The summed E-state index contributed by atoms with van der Waals surface area (Å²) >= 11 is 1.51. The molecule has 4 aromatic carbocycles. The molecule has 0 radical (unpaired) electrons. The molecule has 1 unspecified atom stereocenters. The predicted molar refractivity (Wildman–Crippen MR) is 249 cm³/mol. The van der Waals surface area contributed by atoms with E-state index in [2.05, 4.69) is 36.6 Å². The van der Waals surface area contributed by atoms with Crippen molar-refractivity contribution in [2.75, 3.05) is 12.4 Å². The van der Waals surface area contributed by atoms with E-state index >= 15 is 0 Å². The summed E-state index contributed by atoms with van der Waals surface area (Å²) in [6, 6.07) is 28.2. The lowest BCUT2D eigenvalue weighted by atomic mass is 9.99. The molecule has 6 amide bonds. The van der Waals surface area contributed by atoms with Crippen LogP contribution in [0.1, 0.15) is 50.2 Å². The van der Waals surface area contributed by atoms with E-state index in [1.165, 1.54) is 18.7 Å². The number of carboxylic acid groups (broad SMARTS) is 1. The molecule has 0 fully saturated rings. The number of para-hydroxylation sites is 1. The number of rotatable bonds is 23. The number of aliphatic carboxylic acids is 1. The highest BCUT2D eigenvalue weighted by Crippen LogP contribution is 2.28. The molecular weight excluding hydrogens is 865 g/mol. The number of thioether (sulfide) groups is 1. The molecule has 4 aromatic rings. The molecule has 5 rings (SSSR count). The third-order valence-electron chi connectivity index (χ3n) is 10.5. The molecule has 16 nitrogen and oxygen atoms in total. The molecular formula is C49H54N6O10S. The maximum Gasteiger partial charge on any atom is 0.328 e. The zero-order valence-corrected chi connectivity index (χ0v) is 37.4. The Bertz CT molecular complexity index is 2330. The van der Waals surface area contributed by atoms with Crippen LogP contribution in [0, 0.1) is 0 Å². The topological polar surface area (TPSA) is 238 Å². The van der Waals surface area contributed by atoms with Crippen LogP contribution in [0.4, 0.5) is 5.69 Å². The second kappa shape index (κ2) is 25.3. The molecule has 1 aliphatic heterocycles. The number of carbonyl (C=O) groups is 8. The number of benzene rings is 4. The molecule has 6 atom stereocenters. The van der Waals surface area contributed by atoms with Gasteiger partial charge in [0.25, 0.3) is 0 Å². The van der Waals surface area contributed by atoms with Crippen molar-refractivity contribution in [3.05, 3.63) is 138 Å². The van der Waals surface area contributed by atoms with E-state index < -0.39 is 78.1 Å². The number of esters is 1. The first-order chi connectivity index (χ1) is 31.8. The summed E-state index contributed by atoms with van der Waals surface area (Å²) in [5.74, 6) is -6.33. The molecule has 1 heterocycles. The summed E-state index contributed by atoms with van der Waals surface area (Å²) < 4.78 is 4.63. The number of ether oxygens (including phenoxy) is 1. The van der Waals surface area contributed by atoms with Crippen molar-refractivity contribution < 1.29 is 48.2 Å². The zero-order valence-electron chi connectivity index (χ0n) is 36.6. The minimum Gasteiger partial charge on any atom is -0.481 e. The normalized spacial score (nSPS) is 15.1. The number of nitrogens with one attached hydrogen (secondary N) is 6. The Labute approximate surface area is 387 Å². The average molecular weight is 919 g/mol. The van der Waals surface area contributed by atoms with Gasteiger partial charge in [-0.15, -0.1) is 11.8 Å². The van der Waals surface area contributed by atoms with Crippen LogP contribution in [-0.4, -0.2) is 95.1 Å². The zero-order chi connectivity index (χ0) is 47.4. The fraction of sp³-hybridized carbons (Fsp3) is 0.306. The van der Waals surface area contributed by atoms with Crippen molar-refractivity contribution >= 4 is 64.8 Å². The van der Waals surface area contributed by atoms with Crippen molar-refractivity contribution in [3.63, 3.8) is 0 Å². The van der Waals surface area contributed by atoms with Gasteiger partial charge in [0, 0.05) is 36.6 Å². The van der Waals surface area contributed by atoms with Crippen LogP contribution in [-0.2, 0) is 55.9 Å². The molecule has 0 bridgehead atoms. The van der Waals surface area contributed by atoms with Gasteiger partial charge in [-0.25, -0.2) is 4.79 Å². The molecule has 1 aliphatic rings. The third kappa shape index (κ3) is 16.1. The highest BCUT2D eigenvalue weighted by molar-refractivity contribution is 8.03. The Morgan fingerprint density at radius 2 is 1.12 bits per heavy atom. The summed E-state index contributed by atoms with van der Waals surface area (Å²) in [4.78, 5) is 106. The molecule has 17 heteroatoms. The van der Waals surface area contributed by atoms with Crippen molar-refractivity contribution in [3.8, 4) is 11.1 Å². The number of hydrogen-bond donors (Lipinski definition) is 7. The summed E-state index contributed by atoms with van der Waals surface area (Å²) in [6.07, 6.45) is 1.66. The lowest BCUT2D eigenvalue weighted by Crippen LogP contribution is -2.59. The summed E-state index contributed by atoms with van der Waals surface area (Å²) in [7, 11) is 1.04. The number of hydrogen-bond acceptors (Lipinski definition) is 10. The fourth-order valence-electron chi connectivity index (χ4n) is 7.01. The molecule has 346 valence electrons. The van der Waals surface area contributed by atoms with E-state index in [4.69, 9.17) is 0 Å². The van der Waals surface area contributed by atoms with Crippen LogP contribution in [0.25, 0.3) is 11.1 Å². The van der Waals surface area contributed by atoms with Crippen molar-refractivity contribution in [1.82, 2.24) is 26.6 Å². The SMILES string of the molecule is COC(=O)[C@H](CC(=O)O)NC(=O)[C@H](C)NC(=O)[C@@H](Cc1ccccc1)NC(=O)[C@H](Cc1ccc(-c2ccccc2)cc1)NC(=O)[C@@H](CC1CC=CS1)NC(=O)CCC(=O)Nc1ccccc1. The maximum atomic E-state index is 14.5. The van der Waals surface area contributed by atoms with E-state index in [1.807, 2.05) is 72.1 Å². The summed E-state index contributed by atoms with van der Waals surface area (Å²) in [5, 5.41) is 27.1. The second-order valence-electron chi connectivity index (χ2n) is 15.6. The number of anilines is 1. The summed E-state index contributed by atoms with van der Waals surface area (Å²) in [5.41, 5.74) is 3.80. The summed E-state index contributed by atoms with van der Waals surface area (Å²) in [6.45, 7) is 1.33. The maximum absolute atomic E-state index is 14.5. The first-order valence-corrected chi connectivity index (χ1v) is 22.4. The van der Waals surface area contributed by atoms with Gasteiger partial charge in [-0.1, -0.05) is 109 Å². The lowest BCUT2D eigenvalue weighted by Gasteiger charge is -2.27. The Kier molecular flexibility index (Phi) is 19.1. The molecule has 7 N–H and O–H groups in total. The van der Waals surface area contributed by atoms with Crippen molar-refractivity contribution in [2.24, 2.45) is 0 Å². The van der Waals surface area contributed by atoms with E-state index in [1.54, 1.807) is 54.6 Å². The Balaban J connectivity index is 1.37. The van der Waals surface area contributed by atoms with Crippen LogP contribution < -0.4 is 31.9 Å². The minimum atomic E-state index is -1.53. The van der Waals surface area contributed by atoms with Gasteiger partial charge in [-0.2, -0.15) is 0 Å². The van der Waals surface area contributed by atoms with Gasteiger partial charge in [0.15, 0.2) is 0 Å². The highest BCUT2D eigenvalue weighted by Gasteiger charge is 2.33. The van der Waals surface area contributed by atoms with Gasteiger partial charge in [0.2, 0.25) is 35.4 Å². The second-order valence-corrected chi connectivity index (χ2v) is 16.8. The number of allylic oxidation sites excluding steroid dienone is 1. The standard InChI is InChI=1S/C49H54N6O10S/c1-31(45(60)55-41(30-44(58)59)49(64)65-2)50-46(61)38(27-32-13-6-3-7-14-32)53-47(62)39(28-33-20-22-35(23-21-33)34-15-8-4-9-16-34)54-48(63)40(29-37-19-12-26-66-37)52-43(57)25-24-42(56)51-36-17-10-5-11-18-36/h3-18,20-23,26,31,37-41H,19,24-25,27-30H2,1-2H3,(H,50,61)(H,51,56)(H,52,57)(H,53,62)(H,54,63)(H,55,60)(H,58,59)/t31-,37?,38+,39-,40+,41-/m0/s1. The van der Waals surface area contributed by atoms with Crippen molar-refractivity contribution in [2.45, 2.75) is 87.3 Å². The van der Waals surface area contributed by atoms with Crippen LogP contribution in [0.2, 0.25) is 0 Å². The molecule has 0 aliphatic carbocycles. The van der Waals surface area contributed by atoms with Crippen LogP contribution in [0.3, 0.4) is 0 Å². The average Bonchev–Trinajstić information content (AvgIpc) is 3.84. The number of carboxylic acids is 1. The quantitative estimate of drug-likeness (QED) is 0.0524. The molecule has 0 saturated heterocycles. The molecule has 66 heavy (non-hydrogen) atoms.